The molecule has 5 atom stereocenters. The molecule has 2 aliphatic rings. The lowest BCUT2D eigenvalue weighted by Crippen LogP contribution is -2.63. The van der Waals surface area contributed by atoms with Gasteiger partial charge in [-0.05, 0) is 48.5 Å². The zero-order chi connectivity index (χ0) is 49.1. The number of carbonyl (C=O) groups is 5. The Morgan fingerprint density at radius 3 is 1.18 bits per heavy atom. The minimum atomic E-state index is -2.55. The summed E-state index contributed by atoms with van der Waals surface area (Å²) < 4.78 is 33.4. The number of hydrogen-bond donors (Lipinski definition) is 15. The van der Waals surface area contributed by atoms with Crippen LogP contribution in [0.1, 0.15) is 51.8 Å². The van der Waals surface area contributed by atoms with Crippen molar-refractivity contribution in [3.63, 3.8) is 0 Å². The Morgan fingerprint density at radius 2 is 0.776 bits per heavy atom. The topological polar surface area (TPSA) is 444 Å². The van der Waals surface area contributed by atoms with E-state index < -0.39 is 192 Å². The van der Waals surface area contributed by atoms with Gasteiger partial charge in [0.05, 0.1) is 27.8 Å². The van der Waals surface area contributed by atoms with Gasteiger partial charge in [0.2, 0.25) is 23.9 Å². The van der Waals surface area contributed by atoms with Crippen LogP contribution in [0.25, 0.3) is 11.1 Å². The zero-order valence-corrected chi connectivity index (χ0v) is 32.9. The van der Waals surface area contributed by atoms with E-state index in [1.807, 2.05) is 0 Å². The number of rotatable bonds is 7. The predicted molar refractivity (Wildman–Crippen MR) is 208 cm³/mol. The second-order valence-electron chi connectivity index (χ2n) is 14.3. The molecule has 26 heteroatoms. The molecule has 0 amide bonds. The average Bonchev–Trinajstić information content (AvgIpc) is 3.27. The summed E-state index contributed by atoms with van der Waals surface area (Å²) >= 11 is 0. The SMILES string of the molecule is O=C(OC[C@H]1O[C@@H](OC(=O)c2cc(O)c(O)c(O)c2)[C@H](OC(=O)c2cc(O)c(O)c(O)c2)[C@H]2OC(=O)c3cc(O)c(O)c(O)c3-c3c(cc(O)c(O)c3O)C(=O)O[C@@H]21)c1cc(O)c(O)c(O)c1. The van der Waals surface area contributed by atoms with Gasteiger partial charge in [0.15, 0.2) is 87.0 Å². The average molecular weight is 939 g/mol. The number of ether oxygens (including phenoxy) is 6. The molecule has 67 heavy (non-hydrogen) atoms. The van der Waals surface area contributed by atoms with Crippen molar-refractivity contribution in [2.24, 2.45) is 0 Å². The molecule has 0 radical (unpaired) electrons. The van der Waals surface area contributed by atoms with E-state index in [0.29, 0.717) is 48.5 Å². The van der Waals surface area contributed by atoms with Crippen LogP contribution in [-0.2, 0) is 28.4 Å². The highest BCUT2D eigenvalue weighted by atomic mass is 16.7. The molecule has 0 unspecified atom stereocenters. The van der Waals surface area contributed by atoms with Gasteiger partial charge in [0, 0.05) is 11.1 Å². The van der Waals surface area contributed by atoms with Crippen molar-refractivity contribution >= 4 is 29.8 Å². The van der Waals surface area contributed by atoms with Crippen molar-refractivity contribution in [3.05, 3.63) is 76.3 Å². The zero-order valence-electron chi connectivity index (χ0n) is 32.9. The van der Waals surface area contributed by atoms with Crippen LogP contribution in [0.5, 0.6) is 86.2 Å². The summed E-state index contributed by atoms with van der Waals surface area (Å²) in [6.45, 7) is -1.24. The van der Waals surface area contributed by atoms with Crippen LogP contribution < -0.4 is 0 Å². The van der Waals surface area contributed by atoms with Gasteiger partial charge in [-0.1, -0.05) is 0 Å². The number of aromatic hydroxyl groups is 15. The lowest BCUT2D eigenvalue weighted by molar-refractivity contribution is -0.282. The summed E-state index contributed by atoms with van der Waals surface area (Å²) in [5.74, 6) is -26.1. The fourth-order valence-electron chi connectivity index (χ4n) is 6.77. The second-order valence-corrected chi connectivity index (χ2v) is 14.3. The Bertz CT molecular complexity index is 2870. The van der Waals surface area contributed by atoms with Crippen LogP contribution in [-0.4, -0.2) is 144 Å². The maximum absolute atomic E-state index is 14.4. The first kappa shape index (κ1) is 45.4. The molecule has 7 rings (SSSR count). The van der Waals surface area contributed by atoms with E-state index in [-0.39, 0.29) is 0 Å². The standard InChI is InChI=1S/C41H30O26/c42-15-1-10(2-16(43)26(15)50)36(57)62-9-23-33-34(65-40(61)14-8-22(49)30(54)32(56)25(14)24-13(39(60)64-33)7-21(48)29(53)31(24)55)35(66-37(58)11-3-17(44)27(51)18(45)4-11)41(63-23)67-38(59)12-5-19(46)28(52)20(47)6-12/h1-8,23,33-35,41-56H,9H2/t23-,33-,34+,35-,41+/m1/s1. The molecule has 1 fully saturated rings. The molecular formula is C41H30O26. The van der Waals surface area contributed by atoms with E-state index in [0.717, 1.165) is 0 Å². The molecule has 5 aromatic carbocycles. The van der Waals surface area contributed by atoms with E-state index in [1.54, 1.807) is 0 Å². The lowest BCUT2D eigenvalue weighted by Gasteiger charge is -2.44. The Balaban J connectivity index is 1.42. The van der Waals surface area contributed by atoms with Crippen molar-refractivity contribution in [3.8, 4) is 97.4 Å². The maximum Gasteiger partial charge on any atom is 0.340 e. The molecule has 0 spiro atoms. The molecule has 2 heterocycles. The van der Waals surface area contributed by atoms with Gasteiger partial charge in [-0.3, -0.25) is 0 Å². The van der Waals surface area contributed by atoms with Crippen LogP contribution in [0.3, 0.4) is 0 Å². The third-order valence-electron chi connectivity index (χ3n) is 10.0. The number of phenols is 15. The van der Waals surface area contributed by atoms with Gasteiger partial charge >= 0.3 is 29.8 Å². The summed E-state index contributed by atoms with van der Waals surface area (Å²) in [4.78, 5) is 69.5. The number of hydrogen-bond acceptors (Lipinski definition) is 26. The molecule has 5 aromatic rings. The molecule has 2 aliphatic heterocycles. The third-order valence-corrected chi connectivity index (χ3v) is 10.0. The summed E-state index contributed by atoms with van der Waals surface area (Å²) in [5.41, 5.74) is -6.54. The summed E-state index contributed by atoms with van der Waals surface area (Å²) in [7, 11) is 0. The highest BCUT2D eigenvalue weighted by Gasteiger charge is 2.55. The van der Waals surface area contributed by atoms with E-state index >= 15 is 0 Å². The highest BCUT2D eigenvalue weighted by Crippen LogP contribution is 2.53. The molecule has 0 aliphatic carbocycles. The first-order valence-corrected chi connectivity index (χ1v) is 18.5. The molecular weight excluding hydrogens is 908 g/mol. The fraction of sp³-hybridized carbons (Fsp3) is 0.146. The van der Waals surface area contributed by atoms with Gasteiger partial charge < -0.3 is 105 Å². The second kappa shape index (κ2) is 16.8. The molecule has 1 saturated heterocycles. The highest BCUT2D eigenvalue weighted by molar-refractivity contribution is 6.08. The largest absolute Gasteiger partial charge is 0.504 e. The Hall–Kier alpha value is -9.59. The quantitative estimate of drug-likeness (QED) is 0.0627. The van der Waals surface area contributed by atoms with Gasteiger partial charge in [0.25, 0.3) is 0 Å². The molecule has 15 N–H and O–H groups in total. The van der Waals surface area contributed by atoms with Gasteiger partial charge in [-0.2, -0.15) is 0 Å². The van der Waals surface area contributed by atoms with Crippen LogP contribution >= 0.6 is 0 Å². The number of phenolic OH excluding ortho intramolecular Hbond substituents is 15. The number of fused-ring (bicyclic) bond motifs is 4. The number of esters is 5. The van der Waals surface area contributed by atoms with Crippen molar-refractivity contribution in [1.29, 1.82) is 0 Å². The normalized spacial score (nSPS) is 18.8. The third kappa shape index (κ3) is 8.12. The van der Waals surface area contributed by atoms with Crippen molar-refractivity contribution in [2.45, 2.75) is 30.7 Å². The van der Waals surface area contributed by atoms with Crippen molar-refractivity contribution in [2.75, 3.05) is 6.61 Å². The van der Waals surface area contributed by atoms with Crippen LogP contribution in [0.4, 0.5) is 0 Å². The minimum Gasteiger partial charge on any atom is -0.504 e. The van der Waals surface area contributed by atoms with Crippen LogP contribution in [0.15, 0.2) is 48.5 Å². The Labute approximate surface area is 369 Å². The molecule has 0 bridgehead atoms. The van der Waals surface area contributed by atoms with Crippen molar-refractivity contribution < 1.29 is 129 Å². The number of benzene rings is 5. The first-order valence-electron chi connectivity index (χ1n) is 18.5. The molecule has 26 nitrogen and oxygen atoms in total. The molecule has 0 aromatic heterocycles. The Kier molecular flexibility index (Phi) is 11.4. The fourth-order valence-corrected chi connectivity index (χ4v) is 6.77. The Morgan fingerprint density at radius 1 is 0.433 bits per heavy atom. The summed E-state index contributed by atoms with van der Waals surface area (Å²) in [5, 5.41) is 154. The van der Waals surface area contributed by atoms with Crippen LogP contribution in [0, 0.1) is 0 Å². The molecule has 350 valence electrons. The van der Waals surface area contributed by atoms with E-state index in [9.17, 15) is 101 Å². The molecule has 0 saturated carbocycles. The van der Waals surface area contributed by atoms with E-state index in [1.165, 1.54) is 0 Å². The van der Waals surface area contributed by atoms with E-state index in [2.05, 4.69) is 0 Å². The monoisotopic (exact) mass is 938 g/mol. The maximum atomic E-state index is 14.4. The summed E-state index contributed by atoms with van der Waals surface area (Å²) in [6, 6.07) is 4.30. The number of carbonyl (C=O) groups excluding carboxylic acids is 5. The lowest BCUT2D eigenvalue weighted by atomic mass is 9.91. The first-order chi connectivity index (χ1) is 31.5. The minimum absolute atomic E-state index is 0.410. The smallest absolute Gasteiger partial charge is 0.340 e. The summed E-state index contributed by atoms with van der Waals surface area (Å²) in [6.07, 6.45) is -12.1. The predicted octanol–water partition coefficient (Wildman–Crippen LogP) is 1.67. The van der Waals surface area contributed by atoms with Crippen LogP contribution in [0.2, 0.25) is 0 Å². The van der Waals surface area contributed by atoms with Gasteiger partial charge in [-0.25, -0.2) is 24.0 Å². The van der Waals surface area contributed by atoms with Crippen molar-refractivity contribution in [1.82, 2.24) is 0 Å². The van der Waals surface area contributed by atoms with E-state index in [4.69, 9.17) is 28.4 Å². The van der Waals surface area contributed by atoms with Gasteiger partial charge in [0.1, 0.15) is 12.7 Å². The van der Waals surface area contributed by atoms with Gasteiger partial charge in [-0.15, -0.1) is 0 Å².